The van der Waals surface area contributed by atoms with Crippen molar-refractivity contribution in [2.45, 2.75) is 26.4 Å². The van der Waals surface area contributed by atoms with Crippen LogP contribution in [0.2, 0.25) is 5.15 Å². The van der Waals surface area contributed by atoms with Gasteiger partial charge in [0.15, 0.2) is 5.82 Å². The smallest absolute Gasteiger partial charge is 0.163 e. The minimum atomic E-state index is -0.268. The maximum Gasteiger partial charge on any atom is 0.163 e. The molecule has 3 nitrogen and oxygen atoms in total. The normalized spacial score (nSPS) is 12.4. The van der Waals surface area contributed by atoms with Crippen LogP contribution in [0.4, 0.5) is 0 Å². The van der Waals surface area contributed by atoms with Crippen LogP contribution in [0.1, 0.15) is 37.0 Å². The van der Waals surface area contributed by atoms with Crippen molar-refractivity contribution in [3.8, 4) is 0 Å². The van der Waals surface area contributed by atoms with E-state index in [0.717, 1.165) is 17.7 Å². The predicted molar refractivity (Wildman–Crippen MR) is 76.3 cm³/mol. The summed E-state index contributed by atoms with van der Waals surface area (Å²) in [5.74, 6) is 0.623. The standard InChI is InChI=1S/C15H17ClN2O/c1-3-12-10-13(16)18-15(17-12)14(19-4-2)11-8-6-5-7-9-11/h5-10,14H,3-4H2,1-2H3. The molecule has 0 aliphatic rings. The van der Waals surface area contributed by atoms with E-state index in [4.69, 9.17) is 16.3 Å². The molecule has 2 aromatic rings. The Morgan fingerprint density at radius 1 is 1.16 bits per heavy atom. The van der Waals surface area contributed by atoms with E-state index in [-0.39, 0.29) is 6.10 Å². The second kappa shape index (κ2) is 6.64. The van der Waals surface area contributed by atoms with Crippen LogP contribution >= 0.6 is 11.6 Å². The first-order valence-corrected chi connectivity index (χ1v) is 6.82. The number of benzene rings is 1. The molecular formula is C15H17ClN2O. The van der Waals surface area contributed by atoms with E-state index in [0.29, 0.717) is 17.6 Å². The molecule has 19 heavy (non-hydrogen) atoms. The van der Waals surface area contributed by atoms with Crippen LogP contribution in [-0.2, 0) is 11.2 Å². The van der Waals surface area contributed by atoms with Crippen molar-refractivity contribution in [1.29, 1.82) is 0 Å². The molecule has 2 rings (SSSR count). The summed E-state index contributed by atoms with van der Waals surface area (Å²) in [7, 11) is 0. The van der Waals surface area contributed by atoms with Gasteiger partial charge in [-0.05, 0) is 25.0 Å². The fourth-order valence-corrected chi connectivity index (χ4v) is 2.11. The predicted octanol–water partition coefficient (Wildman–Crippen LogP) is 3.82. The third-order valence-corrected chi connectivity index (χ3v) is 2.99. The molecule has 1 atom stereocenters. The molecule has 4 heteroatoms. The Labute approximate surface area is 118 Å². The Balaban J connectivity index is 2.41. The van der Waals surface area contributed by atoms with Gasteiger partial charge in [-0.15, -0.1) is 0 Å². The Kier molecular flexibility index (Phi) is 4.88. The van der Waals surface area contributed by atoms with Gasteiger partial charge in [0.05, 0.1) is 0 Å². The number of aryl methyl sites for hydroxylation is 1. The quantitative estimate of drug-likeness (QED) is 0.779. The summed E-state index contributed by atoms with van der Waals surface area (Å²) < 4.78 is 5.78. The lowest BCUT2D eigenvalue weighted by atomic mass is 10.1. The summed E-state index contributed by atoms with van der Waals surface area (Å²) >= 11 is 6.05. The summed E-state index contributed by atoms with van der Waals surface area (Å²) in [6.45, 7) is 4.60. The molecule has 1 aromatic heterocycles. The number of aromatic nitrogens is 2. The zero-order valence-electron chi connectivity index (χ0n) is 11.1. The summed E-state index contributed by atoms with van der Waals surface area (Å²) in [6.07, 6.45) is 0.554. The van der Waals surface area contributed by atoms with E-state index in [1.165, 1.54) is 0 Å². The topological polar surface area (TPSA) is 35.0 Å². The SMILES string of the molecule is CCOC(c1ccccc1)c1nc(Cl)cc(CC)n1. The lowest BCUT2D eigenvalue weighted by Gasteiger charge is -2.17. The Morgan fingerprint density at radius 3 is 2.53 bits per heavy atom. The molecule has 0 fully saturated rings. The van der Waals surface area contributed by atoms with Crippen molar-refractivity contribution in [2.24, 2.45) is 0 Å². The molecule has 0 radical (unpaired) electrons. The first kappa shape index (κ1) is 14.0. The van der Waals surface area contributed by atoms with Gasteiger partial charge in [0.1, 0.15) is 11.3 Å². The van der Waals surface area contributed by atoms with Gasteiger partial charge in [0.25, 0.3) is 0 Å². The van der Waals surface area contributed by atoms with Crippen LogP contribution in [0, 0.1) is 0 Å². The van der Waals surface area contributed by atoms with Crippen molar-refractivity contribution in [3.63, 3.8) is 0 Å². The van der Waals surface area contributed by atoms with Gasteiger partial charge in [0.2, 0.25) is 0 Å². The molecule has 0 N–H and O–H groups in total. The second-order valence-corrected chi connectivity index (χ2v) is 4.53. The molecule has 0 aliphatic carbocycles. The zero-order valence-corrected chi connectivity index (χ0v) is 11.9. The van der Waals surface area contributed by atoms with Crippen LogP contribution in [0.25, 0.3) is 0 Å². The summed E-state index contributed by atoms with van der Waals surface area (Å²) in [5, 5.41) is 0.461. The molecule has 1 aromatic carbocycles. The van der Waals surface area contributed by atoms with Crippen LogP contribution in [-0.4, -0.2) is 16.6 Å². The summed E-state index contributed by atoms with van der Waals surface area (Å²) in [6, 6.07) is 11.7. The van der Waals surface area contributed by atoms with Crippen LogP contribution in [0.5, 0.6) is 0 Å². The average Bonchev–Trinajstić information content (AvgIpc) is 2.45. The monoisotopic (exact) mass is 276 g/mol. The maximum atomic E-state index is 6.05. The average molecular weight is 277 g/mol. The van der Waals surface area contributed by atoms with Crippen LogP contribution < -0.4 is 0 Å². The molecular weight excluding hydrogens is 260 g/mol. The zero-order chi connectivity index (χ0) is 13.7. The number of hydrogen-bond donors (Lipinski definition) is 0. The minimum Gasteiger partial charge on any atom is -0.366 e. The van der Waals surface area contributed by atoms with Gasteiger partial charge in [-0.25, -0.2) is 9.97 Å². The fourth-order valence-electron chi connectivity index (χ4n) is 1.90. The van der Waals surface area contributed by atoms with E-state index in [1.807, 2.05) is 44.2 Å². The van der Waals surface area contributed by atoms with Gasteiger partial charge >= 0.3 is 0 Å². The first-order valence-electron chi connectivity index (χ1n) is 6.44. The molecule has 0 spiro atoms. The van der Waals surface area contributed by atoms with Gasteiger partial charge < -0.3 is 4.74 Å². The Hall–Kier alpha value is -1.45. The molecule has 1 heterocycles. The van der Waals surface area contributed by atoms with E-state index >= 15 is 0 Å². The van der Waals surface area contributed by atoms with E-state index in [9.17, 15) is 0 Å². The van der Waals surface area contributed by atoms with Crippen molar-refractivity contribution in [1.82, 2.24) is 9.97 Å². The van der Waals surface area contributed by atoms with Crippen molar-refractivity contribution in [3.05, 3.63) is 58.6 Å². The van der Waals surface area contributed by atoms with E-state index < -0.39 is 0 Å². The van der Waals surface area contributed by atoms with Crippen molar-refractivity contribution < 1.29 is 4.74 Å². The molecule has 1 unspecified atom stereocenters. The molecule has 0 aliphatic heterocycles. The second-order valence-electron chi connectivity index (χ2n) is 4.14. The lowest BCUT2D eigenvalue weighted by Crippen LogP contribution is -2.11. The highest BCUT2D eigenvalue weighted by molar-refractivity contribution is 6.29. The highest BCUT2D eigenvalue weighted by atomic mass is 35.5. The van der Waals surface area contributed by atoms with Gasteiger partial charge in [0, 0.05) is 12.3 Å². The Morgan fingerprint density at radius 2 is 1.89 bits per heavy atom. The van der Waals surface area contributed by atoms with Gasteiger partial charge in [-0.2, -0.15) is 0 Å². The fraction of sp³-hybridized carbons (Fsp3) is 0.333. The largest absolute Gasteiger partial charge is 0.366 e. The number of rotatable bonds is 5. The maximum absolute atomic E-state index is 6.05. The first-order chi connectivity index (χ1) is 9.24. The third kappa shape index (κ3) is 3.52. The number of halogens is 1. The molecule has 0 saturated carbocycles. The summed E-state index contributed by atoms with van der Waals surface area (Å²) in [4.78, 5) is 8.83. The van der Waals surface area contributed by atoms with Crippen LogP contribution in [0.15, 0.2) is 36.4 Å². The number of ether oxygens (including phenoxy) is 1. The number of hydrogen-bond acceptors (Lipinski definition) is 3. The highest BCUT2D eigenvalue weighted by Gasteiger charge is 2.18. The molecule has 0 bridgehead atoms. The van der Waals surface area contributed by atoms with Crippen molar-refractivity contribution >= 4 is 11.6 Å². The minimum absolute atomic E-state index is 0.268. The van der Waals surface area contributed by atoms with E-state index in [1.54, 1.807) is 6.07 Å². The van der Waals surface area contributed by atoms with Crippen molar-refractivity contribution in [2.75, 3.05) is 6.61 Å². The lowest BCUT2D eigenvalue weighted by molar-refractivity contribution is 0.0849. The number of nitrogens with zero attached hydrogens (tertiary/aromatic N) is 2. The Bertz CT molecular complexity index is 531. The molecule has 100 valence electrons. The third-order valence-electron chi connectivity index (χ3n) is 2.80. The van der Waals surface area contributed by atoms with E-state index in [2.05, 4.69) is 9.97 Å². The van der Waals surface area contributed by atoms with Crippen LogP contribution in [0.3, 0.4) is 0 Å². The summed E-state index contributed by atoms with van der Waals surface area (Å²) in [5.41, 5.74) is 1.96. The molecule has 0 saturated heterocycles. The molecule has 0 amide bonds. The van der Waals surface area contributed by atoms with Gasteiger partial charge in [-0.1, -0.05) is 48.9 Å². The van der Waals surface area contributed by atoms with Gasteiger partial charge in [-0.3, -0.25) is 0 Å². The highest BCUT2D eigenvalue weighted by Crippen LogP contribution is 2.24.